The average Bonchev–Trinajstić information content (AvgIpc) is 2.89. The Balaban J connectivity index is 1.91. The molecule has 3 rings (SSSR count). The van der Waals surface area contributed by atoms with E-state index in [2.05, 4.69) is 36.8 Å². The Morgan fingerprint density at radius 3 is 2.91 bits per heavy atom. The van der Waals surface area contributed by atoms with Crippen molar-refractivity contribution < 1.29 is 0 Å². The Bertz CT molecular complexity index is 760. The fourth-order valence-electron chi connectivity index (χ4n) is 3.10. The predicted molar refractivity (Wildman–Crippen MR) is 95.5 cm³/mol. The highest BCUT2D eigenvalue weighted by Crippen LogP contribution is 2.44. The van der Waals surface area contributed by atoms with Gasteiger partial charge in [0.15, 0.2) is 0 Å². The monoisotopic (exact) mass is 323 g/mol. The number of aliphatic imine (C=N–C) groups is 1. The smallest absolute Gasteiger partial charge is 0.134 e. The third-order valence-corrected chi connectivity index (χ3v) is 5.76. The van der Waals surface area contributed by atoms with Crippen LogP contribution >= 0.6 is 11.3 Å². The predicted octanol–water partition coefficient (Wildman–Crippen LogP) is 4.92. The van der Waals surface area contributed by atoms with Crippen molar-refractivity contribution in [2.24, 2.45) is 16.3 Å². The number of thiophene rings is 1. The SMILES string of the molecule is CC(C)(C)C1CCc2c(sc(N=Cc3cccnc3)c2C#N)C1. The molecule has 0 radical (unpaired) electrons. The lowest BCUT2D eigenvalue weighted by Gasteiger charge is -2.33. The molecule has 0 saturated carbocycles. The Morgan fingerprint density at radius 1 is 1.43 bits per heavy atom. The number of aromatic nitrogens is 1. The van der Waals surface area contributed by atoms with Gasteiger partial charge in [-0.1, -0.05) is 26.8 Å². The molecule has 0 aromatic carbocycles. The summed E-state index contributed by atoms with van der Waals surface area (Å²) in [5.41, 5.74) is 3.28. The van der Waals surface area contributed by atoms with E-state index in [4.69, 9.17) is 0 Å². The number of pyridine rings is 1. The molecule has 0 N–H and O–H groups in total. The molecule has 0 bridgehead atoms. The van der Waals surface area contributed by atoms with Gasteiger partial charge in [-0.05, 0) is 42.2 Å². The lowest BCUT2D eigenvalue weighted by atomic mass is 9.72. The van der Waals surface area contributed by atoms with Crippen LogP contribution < -0.4 is 0 Å². The van der Waals surface area contributed by atoms with Gasteiger partial charge in [0.2, 0.25) is 0 Å². The molecule has 0 fully saturated rings. The summed E-state index contributed by atoms with van der Waals surface area (Å²) in [6.45, 7) is 6.93. The molecule has 1 unspecified atom stereocenters. The molecule has 1 aliphatic rings. The normalized spacial score (nSPS) is 17.9. The Morgan fingerprint density at radius 2 is 2.26 bits per heavy atom. The molecule has 23 heavy (non-hydrogen) atoms. The topological polar surface area (TPSA) is 49.0 Å². The molecule has 118 valence electrons. The molecule has 1 aliphatic carbocycles. The van der Waals surface area contributed by atoms with Crippen LogP contribution in [0, 0.1) is 22.7 Å². The van der Waals surface area contributed by atoms with Crippen LogP contribution in [0.4, 0.5) is 5.00 Å². The molecular weight excluding hydrogens is 302 g/mol. The quantitative estimate of drug-likeness (QED) is 0.737. The maximum absolute atomic E-state index is 9.56. The molecule has 3 nitrogen and oxygen atoms in total. The summed E-state index contributed by atoms with van der Waals surface area (Å²) in [4.78, 5) is 10.0. The zero-order valence-corrected chi connectivity index (χ0v) is 14.7. The average molecular weight is 323 g/mol. The Hall–Kier alpha value is -1.99. The number of nitriles is 1. The minimum Gasteiger partial charge on any atom is -0.264 e. The second kappa shape index (κ2) is 6.25. The first-order valence-corrected chi connectivity index (χ1v) is 8.79. The van der Waals surface area contributed by atoms with E-state index in [9.17, 15) is 5.26 Å². The van der Waals surface area contributed by atoms with Crippen molar-refractivity contribution in [3.8, 4) is 6.07 Å². The van der Waals surface area contributed by atoms with Gasteiger partial charge in [0.1, 0.15) is 11.1 Å². The molecule has 4 heteroatoms. The molecule has 0 aliphatic heterocycles. The second-order valence-electron chi connectivity index (χ2n) is 7.15. The van der Waals surface area contributed by atoms with Crippen molar-refractivity contribution in [2.45, 2.75) is 40.0 Å². The largest absolute Gasteiger partial charge is 0.264 e. The van der Waals surface area contributed by atoms with Gasteiger partial charge in [-0.25, -0.2) is 4.99 Å². The summed E-state index contributed by atoms with van der Waals surface area (Å²) in [5.74, 6) is 0.676. The van der Waals surface area contributed by atoms with Crippen molar-refractivity contribution in [3.63, 3.8) is 0 Å². The van der Waals surface area contributed by atoms with Gasteiger partial charge in [0, 0.05) is 29.0 Å². The summed E-state index contributed by atoms with van der Waals surface area (Å²) < 4.78 is 0. The number of nitrogens with zero attached hydrogens (tertiary/aromatic N) is 3. The minimum absolute atomic E-state index is 0.313. The Labute approximate surface area is 141 Å². The van der Waals surface area contributed by atoms with E-state index < -0.39 is 0 Å². The first-order valence-electron chi connectivity index (χ1n) is 7.98. The number of fused-ring (bicyclic) bond motifs is 1. The molecular formula is C19H21N3S. The lowest BCUT2D eigenvalue weighted by Crippen LogP contribution is -2.26. The molecule has 2 aromatic heterocycles. The van der Waals surface area contributed by atoms with E-state index >= 15 is 0 Å². The van der Waals surface area contributed by atoms with Gasteiger partial charge >= 0.3 is 0 Å². The van der Waals surface area contributed by atoms with Crippen molar-refractivity contribution >= 4 is 22.6 Å². The summed E-state index contributed by atoms with van der Waals surface area (Å²) in [5, 5.41) is 10.4. The van der Waals surface area contributed by atoms with Crippen molar-refractivity contribution in [3.05, 3.63) is 46.1 Å². The highest BCUT2D eigenvalue weighted by atomic mass is 32.1. The first kappa shape index (κ1) is 15.9. The van der Waals surface area contributed by atoms with Crippen LogP contribution in [0.2, 0.25) is 0 Å². The van der Waals surface area contributed by atoms with Gasteiger partial charge in [-0.15, -0.1) is 11.3 Å². The summed E-state index contributed by atoms with van der Waals surface area (Å²) in [7, 11) is 0. The highest BCUT2D eigenvalue weighted by Gasteiger charge is 2.32. The van der Waals surface area contributed by atoms with E-state index in [0.29, 0.717) is 11.3 Å². The van der Waals surface area contributed by atoms with Crippen LogP contribution in [0.25, 0.3) is 0 Å². The molecule has 0 spiro atoms. The summed E-state index contributed by atoms with van der Waals surface area (Å²) >= 11 is 1.68. The minimum atomic E-state index is 0.313. The molecule has 2 heterocycles. The van der Waals surface area contributed by atoms with E-state index in [0.717, 1.165) is 35.4 Å². The van der Waals surface area contributed by atoms with Gasteiger partial charge < -0.3 is 0 Å². The van der Waals surface area contributed by atoms with Crippen molar-refractivity contribution in [1.82, 2.24) is 4.98 Å². The maximum atomic E-state index is 9.56. The van der Waals surface area contributed by atoms with Crippen LogP contribution in [0.15, 0.2) is 29.5 Å². The number of hydrogen-bond donors (Lipinski definition) is 0. The van der Waals surface area contributed by atoms with Gasteiger partial charge in [-0.2, -0.15) is 5.26 Å². The lowest BCUT2D eigenvalue weighted by molar-refractivity contribution is 0.218. The van der Waals surface area contributed by atoms with Crippen LogP contribution in [0.5, 0.6) is 0 Å². The van der Waals surface area contributed by atoms with Gasteiger partial charge in [-0.3, -0.25) is 4.98 Å². The number of hydrogen-bond acceptors (Lipinski definition) is 4. The molecule has 0 saturated heterocycles. The van der Waals surface area contributed by atoms with E-state index in [1.807, 2.05) is 12.1 Å². The van der Waals surface area contributed by atoms with Crippen molar-refractivity contribution in [2.75, 3.05) is 0 Å². The summed E-state index contributed by atoms with van der Waals surface area (Å²) in [6, 6.07) is 6.23. The zero-order valence-electron chi connectivity index (χ0n) is 13.8. The fourth-order valence-corrected chi connectivity index (χ4v) is 4.32. The van der Waals surface area contributed by atoms with E-state index in [1.165, 1.54) is 10.4 Å². The number of rotatable bonds is 2. The third-order valence-electron chi connectivity index (χ3n) is 4.60. The van der Waals surface area contributed by atoms with E-state index in [1.54, 1.807) is 29.9 Å². The van der Waals surface area contributed by atoms with Crippen LogP contribution in [-0.2, 0) is 12.8 Å². The maximum Gasteiger partial charge on any atom is 0.134 e. The van der Waals surface area contributed by atoms with E-state index in [-0.39, 0.29) is 0 Å². The summed E-state index contributed by atoms with van der Waals surface area (Å²) in [6.07, 6.45) is 8.55. The van der Waals surface area contributed by atoms with Crippen molar-refractivity contribution in [1.29, 1.82) is 5.26 Å². The van der Waals surface area contributed by atoms with Crippen LogP contribution in [0.3, 0.4) is 0 Å². The Kier molecular flexibility index (Phi) is 4.32. The fraction of sp³-hybridized carbons (Fsp3) is 0.421. The molecule has 0 amide bonds. The van der Waals surface area contributed by atoms with Gasteiger partial charge in [0.25, 0.3) is 0 Å². The molecule has 1 atom stereocenters. The van der Waals surface area contributed by atoms with Crippen LogP contribution in [-0.4, -0.2) is 11.2 Å². The second-order valence-corrected chi connectivity index (χ2v) is 8.23. The molecule has 2 aromatic rings. The van der Waals surface area contributed by atoms with Crippen LogP contribution in [0.1, 0.15) is 48.8 Å². The highest BCUT2D eigenvalue weighted by molar-refractivity contribution is 7.16. The first-order chi connectivity index (χ1) is 11.0. The zero-order chi connectivity index (χ0) is 16.4. The standard InChI is InChI=1S/C19H21N3S/c1-19(2,3)14-6-7-15-16(10-20)18(23-17(15)9-14)22-12-13-5-4-8-21-11-13/h4-5,8,11-12,14H,6-7,9H2,1-3H3. The van der Waals surface area contributed by atoms with Gasteiger partial charge in [0.05, 0.1) is 5.56 Å². The third kappa shape index (κ3) is 3.35.